The van der Waals surface area contributed by atoms with Crippen molar-refractivity contribution in [2.24, 2.45) is 10.8 Å². The van der Waals surface area contributed by atoms with Gasteiger partial charge in [0.25, 0.3) is 0 Å². The van der Waals surface area contributed by atoms with Gasteiger partial charge in [-0.2, -0.15) is 0 Å². The minimum absolute atomic E-state index is 0.0701. The second-order valence-electron chi connectivity index (χ2n) is 7.98. The molecule has 0 aromatic rings. The van der Waals surface area contributed by atoms with E-state index in [4.69, 9.17) is 0 Å². The Labute approximate surface area is 160 Å². The lowest BCUT2D eigenvalue weighted by molar-refractivity contribution is -0.165. The van der Waals surface area contributed by atoms with Crippen molar-refractivity contribution in [2.45, 2.75) is 118 Å². The van der Waals surface area contributed by atoms with E-state index in [-0.39, 0.29) is 6.42 Å². The normalized spacial score (nSPS) is 12.3. The van der Waals surface area contributed by atoms with Gasteiger partial charge in [-0.1, -0.05) is 79.1 Å². The summed E-state index contributed by atoms with van der Waals surface area (Å²) < 4.78 is 0. The van der Waals surface area contributed by atoms with Crippen LogP contribution in [0.15, 0.2) is 0 Å². The molecule has 2 N–H and O–H groups in total. The quantitative estimate of drug-likeness (QED) is 0.300. The van der Waals surface area contributed by atoms with Gasteiger partial charge in [-0.25, -0.2) is 0 Å². The van der Waals surface area contributed by atoms with E-state index in [9.17, 15) is 19.8 Å². The molecule has 0 heterocycles. The van der Waals surface area contributed by atoms with Gasteiger partial charge in [-0.3, -0.25) is 9.59 Å². The number of hydrogen-bond donors (Lipinski definition) is 2. The molecule has 0 rings (SSSR count). The number of carboxylic acid groups (broad SMARTS) is 2. The van der Waals surface area contributed by atoms with E-state index in [1.54, 1.807) is 0 Å². The molecule has 4 heteroatoms. The zero-order chi connectivity index (χ0) is 20.1. The van der Waals surface area contributed by atoms with Crippen LogP contribution in [0.2, 0.25) is 0 Å². The molecule has 4 nitrogen and oxygen atoms in total. The maximum atomic E-state index is 12.7. The SMILES string of the molecule is CCCCC(CCCC)(CCC(=O)O)C(CCCC)(CCCC)C(=O)O. The number of carboxylic acids is 2. The van der Waals surface area contributed by atoms with Crippen molar-refractivity contribution < 1.29 is 19.8 Å². The Kier molecular flexibility index (Phi) is 12.6. The fraction of sp³-hybridized carbons (Fsp3) is 0.909. The van der Waals surface area contributed by atoms with Crippen LogP contribution >= 0.6 is 0 Å². The molecule has 0 unspecified atom stereocenters. The van der Waals surface area contributed by atoms with Gasteiger partial charge in [0.15, 0.2) is 0 Å². The van der Waals surface area contributed by atoms with Crippen molar-refractivity contribution in [3.8, 4) is 0 Å². The van der Waals surface area contributed by atoms with E-state index in [1.165, 1.54) is 0 Å². The van der Waals surface area contributed by atoms with Gasteiger partial charge in [0.05, 0.1) is 5.41 Å². The number of aliphatic carboxylic acids is 2. The Bertz CT molecular complexity index is 387. The van der Waals surface area contributed by atoms with Gasteiger partial charge in [0.1, 0.15) is 0 Å². The first-order valence-corrected chi connectivity index (χ1v) is 10.8. The van der Waals surface area contributed by atoms with Crippen LogP contribution in [-0.2, 0) is 9.59 Å². The summed E-state index contributed by atoms with van der Waals surface area (Å²) in [5.74, 6) is -1.51. The zero-order valence-electron chi connectivity index (χ0n) is 17.6. The lowest BCUT2D eigenvalue weighted by Gasteiger charge is -2.49. The predicted molar refractivity (Wildman–Crippen MR) is 107 cm³/mol. The second-order valence-corrected chi connectivity index (χ2v) is 7.98. The summed E-state index contributed by atoms with van der Waals surface area (Å²) in [6, 6.07) is 0. The van der Waals surface area contributed by atoms with E-state index < -0.39 is 22.8 Å². The first-order valence-electron chi connectivity index (χ1n) is 10.8. The summed E-state index contributed by atoms with van der Waals surface area (Å²) in [4.78, 5) is 24.1. The Morgan fingerprint density at radius 2 is 1.04 bits per heavy atom. The third-order valence-corrected chi connectivity index (χ3v) is 6.17. The van der Waals surface area contributed by atoms with Crippen molar-refractivity contribution >= 4 is 11.9 Å². The molecule has 0 bridgehead atoms. The van der Waals surface area contributed by atoms with Crippen LogP contribution < -0.4 is 0 Å². The molecule has 0 aliphatic carbocycles. The van der Waals surface area contributed by atoms with Gasteiger partial charge >= 0.3 is 11.9 Å². The molecule has 0 radical (unpaired) electrons. The summed E-state index contributed by atoms with van der Waals surface area (Å²) in [5, 5.41) is 19.8. The van der Waals surface area contributed by atoms with Gasteiger partial charge in [-0.15, -0.1) is 0 Å². The topological polar surface area (TPSA) is 74.6 Å². The van der Waals surface area contributed by atoms with Crippen molar-refractivity contribution in [2.75, 3.05) is 0 Å². The summed E-state index contributed by atoms with van der Waals surface area (Å²) in [7, 11) is 0. The molecule has 0 atom stereocenters. The van der Waals surface area contributed by atoms with Crippen LogP contribution in [0, 0.1) is 10.8 Å². The maximum Gasteiger partial charge on any atom is 0.310 e. The van der Waals surface area contributed by atoms with Crippen molar-refractivity contribution in [3.63, 3.8) is 0 Å². The minimum atomic E-state index is -0.812. The number of rotatable bonds is 17. The van der Waals surface area contributed by atoms with Crippen LogP contribution in [0.4, 0.5) is 0 Å². The smallest absolute Gasteiger partial charge is 0.310 e. The molecule has 154 valence electrons. The summed E-state index contributed by atoms with van der Waals surface area (Å²) in [6.07, 6.45) is 11.2. The lowest BCUT2D eigenvalue weighted by atomic mass is 9.53. The highest BCUT2D eigenvalue weighted by Crippen LogP contribution is 2.56. The van der Waals surface area contributed by atoms with Gasteiger partial charge in [0, 0.05) is 6.42 Å². The Morgan fingerprint density at radius 1 is 0.654 bits per heavy atom. The molecular weight excluding hydrogens is 328 g/mol. The van der Waals surface area contributed by atoms with Crippen molar-refractivity contribution in [3.05, 3.63) is 0 Å². The van der Waals surface area contributed by atoms with E-state index in [1.807, 2.05) is 0 Å². The maximum absolute atomic E-state index is 12.7. The second kappa shape index (κ2) is 13.2. The summed E-state index contributed by atoms with van der Waals surface area (Å²) in [5.41, 5.74) is -1.20. The highest BCUT2D eigenvalue weighted by Gasteiger charge is 2.54. The first kappa shape index (κ1) is 24.9. The molecule has 0 saturated carbocycles. The number of unbranched alkanes of at least 4 members (excludes halogenated alkanes) is 4. The van der Waals surface area contributed by atoms with E-state index >= 15 is 0 Å². The van der Waals surface area contributed by atoms with Gasteiger partial charge in [-0.05, 0) is 37.5 Å². The Hall–Kier alpha value is -1.06. The average Bonchev–Trinajstić information content (AvgIpc) is 2.61. The van der Waals surface area contributed by atoms with Crippen molar-refractivity contribution in [1.29, 1.82) is 0 Å². The van der Waals surface area contributed by atoms with Crippen LogP contribution in [0.25, 0.3) is 0 Å². The minimum Gasteiger partial charge on any atom is -0.481 e. The third-order valence-electron chi connectivity index (χ3n) is 6.17. The van der Waals surface area contributed by atoms with Crippen molar-refractivity contribution in [1.82, 2.24) is 0 Å². The molecular formula is C22H42O4. The highest BCUT2D eigenvalue weighted by molar-refractivity contribution is 5.76. The number of carbonyl (C=O) groups is 2. The molecule has 0 fully saturated rings. The van der Waals surface area contributed by atoms with Crippen LogP contribution in [0.1, 0.15) is 118 Å². The van der Waals surface area contributed by atoms with E-state index in [0.29, 0.717) is 19.3 Å². The van der Waals surface area contributed by atoms with Crippen LogP contribution in [-0.4, -0.2) is 22.2 Å². The molecule has 0 aromatic heterocycles. The Balaban J connectivity index is 6.15. The summed E-state index contributed by atoms with van der Waals surface area (Å²) in [6.45, 7) is 8.46. The molecule has 0 spiro atoms. The van der Waals surface area contributed by atoms with Gasteiger partial charge in [0.2, 0.25) is 0 Å². The van der Waals surface area contributed by atoms with E-state index in [2.05, 4.69) is 27.7 Å². The molecule has 26 heavy (non-hydrogen) atoms. The standard InChI is InChI=1S/C22H42O4/c1-5-9-14-21(15-10-6-2,18-13-19(23)24)22(20(25)26,16-11-7-3)17-12-8-4/h5-18H2,1-4H3,(H,23,24)(H,25,26). The fourth-order valence-electron chi connectivity index (χ4n) is 4.52. The fourth-order valence-corrected chi connectivity index (χ4v) is 4.52. The number of hydrogen-bond acceptors (Lipinski definition) is 2. The highest BCUT2D eigenvalue weighted by atomic mass is 16.4. The largest absolute Gasteiger partial charge is 0.481 e. The van der Waals surface area contributed by atoms with Crippen LogP contribution in [0.3, 0.4) is 0 Å². The monoisotopic (exact) mass is 370 g/mol. The molecule has 0 saturated heterocycles. The van der Waals surface area contributed by atoms with E-state index in [0.717, 1.165) is 64.2 Å². The Morgan fingerprint density at radius 3 is 1.35 bits per heavy atom. The average molecular weight is 371 g/mol. The first-order chi connectivity index (χ1) is 12.4. The third kappa shape index (κ3) is 6.92. The molecule has 0 amide bonds. The zero-order valence-corrected chi connectivity index (χ0v) is 17.6. The molecule has 0 aliphatic rings. The van der Waals surface area contributed by atoms with Crippen LogP contribution in [0.5, 0.6) is 0 Å². The summed E-state index contributed by atoms with van der Waals surface area (Å²) >= 11 is 0. The predicted octanol–water partition coefficient (Wildman–Crippen LogP) is 6.67. The van der Waals surface area contributed by atoms with Gasteiger partial charge < -0.3 is 10.2 Å². The molecule has 0 aliphatic heterocycles. The lowest BCUT2D eigenvalue weighted by Crippen LogP contribution is -2.48. The molecule has 0 aromatic carbocycles.